The highest BCUT2D eigenvalue weighted by Gasteiger charge is 2.05. The molecule has 6 nitrogen and oxygen atoms in total. The van der Waals surface area contributed by atoms with Crippen LogP contribution in [0.3, 0.4) is 0 Å². The molecule has 90 valence electrons. The zero-order valence-corrected chi connectivity index (χ0v) is 10.1. The highest BCUT2D eigenvalue weighted by Crippen LogP contribution is 2.07. The van der Waals surface area contributed by atoms with Crippen LogP contribution in [0.2, 0.25) is 0 Å². The number of hydrogen-bond acceptors (Lipinski definition) is 5. The molecule has 0 radical (unpaired) electrons. The van der Waals surface area contributed by atoms with Crippen LogP contribution in [-0.4, -0.2) is 25.4 Å². The van der Waals surface area contributed by atoms with Crippen molar-refractivity contribution in [3.8, 4) is 0 Å². The van der Waals surface area contributed by atoms with Crippen LogP contribution in [0.1, 0.15) is 30.8 Å². The maximum Gasteiger partial charge on any atom is 0.243 e. The Kier molecular flexibility index (Phi) is 3.64. The van der Waals surface area contributed by atoms with E-state index in [1.807, 2.05) is 6.20 Å². The molecule has 0 aliphatic rings. The van der Waals surface area contributed by atoms with Gasteiger partial charge in [0, 0.05) is 18.3 Å². The molecule has 0 fully saturated rings. The van der Waals surface area contributed by atoms with E-state index in [4.69, 9.17) is 0 Å². The van der Waals surface area contributed by atoms with Crippen LogP contribution in [-0.2, 0) is 19.4 Å². The van der Waals surface area contributed by atoms with E-state index in [2.05, 4.69) is 44.5 Å². The molecule has 0 unspecified atom stereocenters. The number of nitrogens with zero attached hydrogens (tertiary/aromatic N) is 4. The zero-order chi connectivity index (χ0) is 12.1. The summed E-state index contributed by atoms with van der Waals surface area (Å²) in [6.07, 6.45) is 5.34. The van der Waals surface area contributed by atoms with Crippen molar-refractivity contribution in [2.24, 2.45) is 0 Å². The lowest BCUT2D eigenvalue weighted by molar-refractivity contribution is 0.819. The Bertz CT molecular complexity index is 465. The van der Waals surface area contributed by atoms with Crippen molar-refractivity contribution in [2.45, 2.75) is 33.2 Å². The van der Waals surface area contributed by atoms with Gasteiger partial charge < -0.3 is 5.32 Å². The number of nitrogens with one attached hydrogen (secondary N) is 2. The molecule has 2 aromatic heterocycles. The molecule has 17 heavy (non-hydrogen) atoms. The van der Waals surface area contributed by atoms with Crippen molar-refractivity contribution in [3.63, 3.8) is 0 Å². The lowest BCUT2D eigenvalue weighted by Gasteiger charge is -2.06. The van der Waals surface area contributed by atoms with Crippen LogP contribution in [0.4, 0.5) is 5.95 Å². The first-order valence-corrected chi connectivity index (χ1v) is 5.77. The van der Waals surface area contributed by atoms with Gasteiger partial charge in [-0.15, -0.1) is 5.10 Å². The van der Waals surface area contributed by atoms with Gasteiger partial charge in [-0.05, 0) is 12.8 Å². The normalized spacial score (nSPS) is 10.5. The number of anilines is 1. The van der Waals surface area contributed by atoms with E-state index in [1.165, 1.54) is 0 Å². The van der Waals surface area contributed by atoms with Gasteiger partial charge in [-0.2, -0.15) is 10.2 Å². The molecule has 2 N–H and O–H groups in total. The van der Waals surface area contributed by atoms with Crippen LogP contribution >= 0.6 is 0 Å². The topological polar surface area (TPSA) is 79.4 Å². The molecule has 0 aliphatic carbocycles. The lowest BCUT2D eigenvalue weighted by Crippen LogP contribution is -2.09. The van der Waals surface area contributed by atoms with Crippen molar-refractivity contribution in [2.75, 3.05) is 5.32 Å². The van der Waals surface area contributed by atoms with E-state index >= 15 is 0 Å². The van der Waals surface area contributed by atoms with Gasteiger partial charge in [0.2, 0.25) is 5.95 Å². The van der Waals surface area contributed by atoms with Crippen LogP contribution in [0.15, 0.2) is 12.4 Å². The first-order chi connectivity index (χ1) is 8.33. The van der Waals surface area contributed by atoms with Crippen molar-refractivity contribution < 1.29 is 0 Å². The van der Waals surface area contributed by atoms with E-state index in [9.17, 15) is 0 Å². The highest BCUT2D eigenvalue weighted by atomic mass is 15.2. The fourth-order valence-electron chi connectivity index (χ4n) is 1.57. The molecule has 2 aromatic rings. The number of rotatable bonds is 5. The molecule has 0 bridgehead atoms. The van der Waals surface area contributed by atoms with Gasteiger partial charge >= 0.3 is 0 Å². The molecule has 0 aliphatic heterocycles. The first-order valence-electron chi connectivity index (χ1n) is 5.77. The molecule has 6 heteroatoms. The van der Waals surface area contributed by atoms with E-state index in [0.29, 0.717) is 12.5 Å². The minimum Gasteiger partial charge on any atom is -0.349 e. The van der Waals surface area contributed by atoms with Crippen LogP contribution in [0, 0.1) is 0 Å². The molecule has 0 spiro atoms. The predicted octanol–water partition coefficient (Wildman–Crippen LogP) is 1.33. The summed E-state index contributed by atoms with van der Waals surface area (Å²) in [5.41, 5.74) is 3.05. The Morgan fingerprint density at radius 3 is 2.65 bits per heavy atom. The SMILES string of the molecule is CCc1nnc(NCc2cn[nH]c2)nc1CC. The van der Waals surface area contributed by atoms with Gasteiger partial charge in [0.1, 0.15) is 0 Å². The number of aromatic amines is 1. The number of aromatic nitrogens is 5. The van der Waals surface area contributed by atoms with Gasteiger partial charge in [-0.3, -0.25) is 5.10 Å². The summed E-state index contributed by atoms with van der Waals surface area (Å²) in [6.45, 7) is 4.78. The Hall–Kier alpha value is -1.98. The second-order valence-electron chi connectivity index (χ2n) is 3.70. The fraction of sp³-hybridized carbons (Fsp3) is 0.455. The molecule has 0 saturated heterocycles. The summed E-state index contributed by atoms with van der Waals surface area (Å²) in [4.78, 5) is 4.45. The van der Waals surface area contributed by atoms with Crippen molar-refractivity contribution >= 4 is 5.95 Å². The lowest BCUT2D eigenvalue weighted by atomic mass is 10.2. The van der Waals surface area contributed by atoms with Gasteiger partial charge in [0.25, 0.3) is 0 Å². The zero-order valence-electron chi connectivity index (χ0n) is 10.1. The third-order valence-corrected chi connectivity index (χ3v) is 2.51. The third kappa shape index (κ3) is 2.77. The summed E-state index contributed by atoms with van der Waals surface area (Å²) in [5.74, 6) is 0.570. The van der Waals surface area contributed by atoms with E-state index in [-0.39, 0.29) is 0 Å². The van der Waals surface area contributed by atoms with E-state index in [1.54, 1.807) is 6.20 Å². The van der Waals surface area contributed by atoms with Gasteiger partial charge in [-0.1, -0.05) is 13.8 Å². The minimum absolute atomic E-state index is 0.570. The van der Waals surface area contributed by atoms with E-state index < -0.39 is 0 Å². The number of hydrogen-bond donors (Lipinski definition) is 2. The second-order valence-corrected chi connectivity index (χ2v) is 3.70. The molecule has 0 saturated carbocycles. The molecular weight excluding hydrogens is 216 g/mol. The van der Waals surface area contributed by atoms with E-state index in [0.717, 1.165) is 29.8 Å². The maximum absolute atomic E-state index is 4.45. The van der Waals surface area contributed by atoms with Crippen molar-refractivity contribution in [1.82, 2.24) is 25.4 Å². The largest absolute Gasteiger partial charge is 0.349 e. The Balaban J connectivity index is 2.06. The number of H-pyrrole nitrogens is 1. The van der Waals surface area contributed by atoms with Gasteiger partial charge in [0.15, 0.2) is 0 Å². The molecule has 0 atom stereocenters. The average Bonchev–Trinajstić information content (AvgIpc) is 2.89. The highest BCUT2D eigenvalue weighted by molar-refractivity contribution is 5.27. The molecule has 2 rings (SSSR count). The fourth-order valence-corrected chi connectivity index (χ4v) is 1.57. The third-order valence-electron chi connectivity index (χ3n) is 2.51. The summed E-state index contributed by atoms with van der Waals surface area (Å²) in [6, 6.07) is 0. The van der Waals surface area contributed by atoms with Gasteiger partial charge in [0.05, 0.1) is 17.6 Å². The molecule has 0 aromatic carbocycles. The summed E-state index contributed by atoms with van der Waals surface area (Å²) in [5, 5.41) is 18.0. The van der Waals surface area contributed by atoms with Crippen LogP contribution < -0.4 is 5.32 Å². The molecular formula is C11H16N6. The number of aryl methyl sites for hydroxylation is 2. The standard InChI is InChI=1S/C11H16N6/c1-3-9-10(4-2)16-17-11(15-9)12-5-8-6-13-14-7-8/h6-7H,3-5H2,1-2H3,(H,13,14)(H,12,15,17). The summed E-state index contributed by atoms with van der Waals surface area (Å²) < 4.78 is 0. The van der Waals surface area contributed by atoms with Crippen LogP contribution in [0.25, 0.3) is 0 Å². The van der Waals surface area contributed by atoms with Crippen LogP contribution in [0.5, 0.6) is 0 Å². The van der Waals surface area contributed by atoms with Crippen molar-refractivity contribution in [3.05, 3.63) is 29.3 Å². The Morgan fingerprint density at radius 2 is 2.00 bits per heavy atom. The Labute approximate surface area is 99.9 Å². The molecule has 0 amide bonds. The quantitative estimate of drug-likeness (QED) is 0.813. The minimum atomic E-state index is 0.570. The summed E-state index contributed by atoms with van der Waals surface area (Å²) in [7, 11) is 0. The maximum atomic E-state index is 4.45. The molecule has 2 heterocycles. The Morgan fingerprint density at radius 1 is 1.18 bits per heavy atom. The monoisotopic (exact) mass is 232 g/mol. The smallest absolute Gasteiger partial charge is 0.243 e. The predicted molar refractivity (Wildman–Crippen MR) is 64.5 cm³/mol. The average molecular weight is 232 g/mol. The first kappa shape index (κ1) is 11.5. The van der Waals surface area contributed by atoms with Gasteiger partial charge in [-0.25, -0.2) is 4.98 Å². The summed E-state index contributed by atoms with van der Waals surface area (Å²) >= 11 is 0. The van der Waals surface area contributed by atoms with Crippen molar-refractivity contribution in [1.29, 1.82) is 0 Å². The second kappa shape index (κ2) is 5.38.